The number of fused-ring (bicyclic) bond motifs is 1. The van der Waals surface area contributed by atoms with Gasteiger partial charge in [0, 0.05) is 12.2 Å². The Balaban J connectivity index is 1.60. The van der Waals surface area contributed by atoms with Crippen LogP contribution in [0.15, 0.2) is 24.3 Å². The van der Waals surface area contributed by atoms with Gasteiger partial charge in [-0.15, -0.1) is 0 Å². The van der Waals surface area contributed by atoms with Gasteiger partial charge in [-0.25, -0.2) is 0 Å². The fraction of sp³-hybridized carbons (Fsp3) is 0.562. The molecule has 1 aliphatic heterocycles. The monoisotopic (exact) mass is 274 g/mol. The molecular formula is C16H22N2O2. The van der Waals surface area contributed by atoms with Gasteiger partial charge >= 0.3 is 0 Å². The van der Waals surface area contributed by atoms with E-state index in [0.29, 0.717) is 5.92 Å². The molecule has 3 atom stereocenters. The SMILES string of the molecule is O=C1Nc2ccccc2CCC1NCC1CCCC1O. The van der Waals surface area contributed by atoms with E-state index >= 15 is 0 Å². The highest BCUT2D eigenvalue weighted by Gasteiger charge is 2.28. The summed E-state index contributed by atoms with van der Waals surface area (Å²) in [4.78, 5) is 12.2. The molecule has 0 saturated heterocycles. The van der Waals surface area contributed by atoms with Crippen LogP contribution in [0.4, 0.5) is 5.69 Å². The van der Waals surface area contributed by atoms with E-state index in [1.807, 2.05) is 18.2 Å². The number of carbonyl (C=O) groups excluding carboxylic acids is 1. The number of anilines is 1. The lowest BCUT2D eigenvalue weighted by molar-refractivity contribution is -0.118. The second-order valence-corrected chi connectivity index (χ2v) is 5.90. The van der Waals surface area contributed by atoms with Crippen LogP contribution in [0.5, 0.6) is 0 Å². The van der Waals surface area contributed by atoms with Gasteiger partial charge in [0.2, 0.25) is 5.91 Å². The zero-order valence-electron chi connectivity index (χ0n) is 11.6. The second kappa shape index (κ2) is 5.94. The summed E-state index contributed by atoms with van der Waals surface area (Å²) in [6, 6.07) is 7.82. The molecule has 1 aromatic carbocycles. The molecule has 0 aromatic heterocycles. The molecule has 4 heteroatoms. The number of hydrogen-bond donors (Lipinski definition) is 3. The van der Waals surface area contributed by atoms with Crippen LogP contribution in [0.2, 0.25) is 0 Å². The third kappa shape index (κ3) is 2.86. The summed E-state index contributed by atoms with van der Waals surface area (Å²) < 4.78 is 0. The van der Waals surface area contributed by atoms with Gasteiger partial charge < -0.3 is 15.7 Å². The van der Waals surface area contributed by atoms with Gasteiger partial charge in [-0.2, -0.15) is 0 Å². The van der Waals surface area contributed by atoms with E-state index in [4.69, 9.17) is 0 Å². The molecule has 0 radical (unpaired) electrons. The number of nitrogens with one attached hydrogen (secondary N) is 2. The van der Waals surface area contributed by atoms with Gasteiger partial charge in [0.25, 0.3) is 0 Å². The predicted octanol–water partition coefficient (Wildman–Crippen LogP) is 1.69. The standard InChI is InChI=1S/C16H22N2O2/c19-15-7-3-5-12(15)10-17-14-9-8-11-4-1-2-6-13(11)18-16(14)20/h1-2,4,6,12,14-15,17,19H,3,5,7-10H2,(H,18,20). The molecule has 1 heterocycles. The molecule has 1 fully saturated rings. The number of aryl methyl sites for hydroxylation is 1. The predicted molar refractivity (Wildman–Crippen MR) is 78.5 cm³/mol. The van der Waals surface area contributed by atoms with E-state index < -0.39 is 0 Å². The van der Waals surface area contributed by atoms with E-state index in [1.54, 1.807) is 0 Å². The Morgan fingerprint density at radius 2 is 2.10 bits per heavy atom. The Morgan fingerprint density at radius 3 is 2.90 bits per heavy atom. The van der Waals surface area contributed by atoms with E-state index in [1.165, 1.54) is 5.56 Å². The van der Waals surface area contributed by atoms with Gasteiger partial charge in [0.1, 0.15) is 0 Å². The lowest BCUT2D eigenvalue weighted by Gasteiger charge is -2.20. The first-order valence-corrected chi connectivity index (χ1v) is 7.54. The Kier molecular flexibility index (Phi) is 4.03. The number of aliphatic hydroxyl groups is 1. The smallest absolute Gasteiger partial charge is 0.241 e. The molecule has 1 amide bonds. The molecule has 108 valence electrons. The van der Waals surface area contributed by atoms with Crippen molar-refractivity contribution in [1.82, 2.24) is 5.32 Å². The Labute approximate surface area is 119 Å². The minimum Gasteiger partial charge on any atom is -0.393 e. The highest BCUT2D eigenvalue weighted by molar-refractivity contribution is 5.96. The van der Waals surface area contributed by atoms with Crippen molar-refractivity contribution in [2.45, 2.75) is 44.2 Å². The average Bonchev–Trinajstić information content (AvgIpc) is 2.78. The second-order valence-electron chi connectivity index (χ2n) is 5.90. The summed E-state index contributed by atoms with van der Waals surface area (Å²) >= 11 is 0. The van der Waals surface area contributed by atoms with Crippen molar-refractivity contribution < 1.29 is 9.90 Å². The fourth-order valence-electron chi connectivity index (χ4n) is 3.25. The maximum Gasteiger partial charge on any atom is 0.241 e. The summed E-state index contributed by atoms with van der Waals surface area (Å²) in [7, 11) is 0. The van der Waals surface area contributed by atoms with E-state index in [-0.39, 0.29) is 18.1 Å². The van der Waals surface area contributed by atoms with Gasteiger partial charge in [-0.1, -0.05) is 24.6 Å². The van der Waals surface area contributed by atoms with E-state index in [2.05, 4.69) is 16.7 Å². The number of rotatable bonds is 3. The molecule has 0 spiro atoms. The molecule has 3 unspecified atom stereocenters. The Bertz CT molecular complexity index is 489. The summed E-state index contributed by atoms with van der Waals surface area (Å²) in [5, 5.41) is 16.2. The van der Waals surface area contributed by atoms with Crippen molar-refractivity contribution in [3.05, 3.63) is 29.8 Å². The largest absolute Gasteiger partial charge is 0.393 e. The van der Waals surface area contributed by atoms with E-state index in [9.17, 15) is 9.90 Å². The van der Waals surface area contributed by atoms with Crippen LogP contribution in [0, 0.1) is 5.92 Å². The van der Waals surface area contributed by atoms with Crippen molar-refractivity contribution in [3.63, 3.8) is 0 Å². The molecule has 2 aliphatic rings. The first-order valence-electron chi connectivity index (χ1n) is 7.54. The van der Waals surface area contributed by atoms with Crippen molar-refractivity contribution in [2.24, 2.45) is 5.92 Å². The minimum atomic E-state index is -0.200. The first-order chi connectivity index (χ1) is 9.74. The van der Waals surface area contributed by atoms with Crippen molar-refractivity contribution in [1.29, 1.82) is 0 Å². The third-order valence-electron chi connectivity index (χ3n) is 4.54. The maximum absolute atomic E-state index is 12.2. The number of benzene rings is 1. The molecule has 0 bridgehead atoms. The number of hydrogen-bond acceptors (Lipinski definition) is 3. The van der Waals surface area contributed by atoms with Gasteiger partial charge in [-0.05, 0) is 43.2 Å². The van der Waals surface area contributed by atoms with Crippen LogP contribution in [0.3, 0.4) is 0 Å². The first kappa shape index (κ1) is 13.6. The quantitative estimate of drug-likeness (QED) is 0.786. The van der Waals surface area contributed by atoms with Crippen LogP contribution in [-0.2, 0) is 11.2 Å². The van der Waals surface area contributed by atoms with Gasteiger partial charge in [0.15, 0.2) is 0 Å². The number of para-hydroxylation sites is 1. The molecule has 3 N–H and O–H groups in total. The molecule has 3 rings (SSSR count). The van der Waals surface area contributed by atoms with Crippen molar-refractivity contribution >= 4 is 11.6 Å². The number of aliphatic hydroxyl groups excluding tert-OH is 1. The fourth-order valence-corrected chi connectivity index (χ4v) is 3.25. The molecule has 4 nitrogen and oxygen atoms in total. The van der Waals surface area contributed by atoms with E-state index in [0.717, 1.165) is 44.3 Å². The van der Waals surface area contributed by atoms with Gasteiger partial charge in [-0.3, -0.25) is 4.79 Å². The number of carbonyl (C=O) groups is 1. The summed E-state index contributed by atoms with van der Waals surface area (Å²) in [5.74, 6) is 0.343. The highest BCUT2D eigenvalue weighted by atomic mass is 16.3. The summed E-state index contributed by atoms with van der Waals surface area (Å²) in [6.07, 6.45) is 4.56. The van der Waals surface area contributed by atoms with Crippen LogP contribution >= 0.6 is 0 Å². The van der Waals surface area contributed by atoms with Crippen molar-refractivity contribution in [2.75, 3.05) is 11.9 Å². The molecule has 1 saturated carbocycles. The molecular weight excluding hydrogens is 252 g/mol. The van der Waals surface area contributed by atoms with Crippen LogP contribution in [0.25, 0.3) is 0 Å². The lowest BCUT2D eigenvalue weighted by Crippen LogP contribution is -2.43. The van der Waals surface area contributed by atoms with Crippen LogP contribution in [-0.4, -0.2) is 29.7 Å². The summed E-state index contributed by atoms with van der Waals surface area (Å²) in [6.45, 7) is 0.732. The van der Waals surface area contributed by atoms with Gasteiger partial charge in [0.05, 0.1) is 12.1 Å². The topological polar surface area (TPSA) is 61.4 Å². The van der Waals surface area contributed by atoms with Crippen LogP contribution < -0.4 is 10.6 Å². The van der Waals surface area contributed by atoms with Crippen molar-refractivity contribution in [3.8, 4) is 0 Å². The molecule has 1 aromatic rings. The number of amides is 1. The third-order valence-corrected chi connectivity index (χ3v) is 4.54. The normalized spacial score (nSPS) is 29.6. The lowest BCUT2D eigenvalue weighted by atomic mass is 10.0. The summed E-state index contributed by atoms with van der Waals surface area (Å²) in [5.41, 5.74) is 2.13. The average molecular weight is 274 g/mol. The Hall–Kier alpha value is -1.39. The highest BCUT2D eigenvalue weighted by Crippen LogP contribution is 2.26. The minimum absolute atomic E-state index is 0.0439. The zero-order valence-corrected chi connectivity index (χ0v) is 11.6. The Morgan fingerprint density at radius 1 is 1.25 bits per heavy atom. The maximum atomic E-state index is 12.2. The zero-order chi connectivity index (χ0) is 13.9. The van der Waals surface area contributed by atoms with Crippen LogP contribution in [0.1, 0.15) is 31.2 Å². The molecule has 1 aliphatic carbocycles. The molecule has 20 heavy (non-hydrogen) atoms.